The normalized spacial score (nSPS) is 16.6. The van der Waals surface area contributed by atoms with Crippen molar-refractivity contribution < 1.29 is 4.79 Å². The highest BCUT2D eigenvalue weighted by atomic mass is 16.2. The Balaban J connectivity index is 1.80. The van der Waals surface area contributed by atoms with Crippen LogP contribution in [0.1, 0.15) is 19.8 Å². The summed E-state index contributed by atoms with van der Waals surface area (Å²) >= 11 is 0. The molecule has 0 bridgehead atoms. The van der Waals surface area contributed by atoms with Gasteiger partial charge in [-0.15, -0.1) is 0 Å². The molecule has 0 N–H and O–H groups in total. The quantitative estimate of drug-likeness (QED) is 0.830. The van der Waals surface area contributed by atoms with E-state index in [0.717, 1.165) is 45.7 Å². The van der Waals surface area contributed by atoms with Gasteiger partial charge in [0.2, 0.25) is 5.91 Å². The number of hydrogen-bond acceptors (Lipinski definition) is 3. The zero-order valence-corrected chi connectivity index (χ0v) is 13.3. The maximum Gasteiger partial charge on any atom is 0.223 e. The Bertz CT molecular complexity index is 435. The molecule has 0 atom stereocenters. The summed E-state index contributed by atoms with van der Waals surface area (Å²) in [5, 5.41) is 0. The Morgan fingerprint density at radius 2 is 1.90 bits per heavy atom. The topological polar surface area (TPSA) is 26.8 Å². The molecule has 1 fully saturated rings. The fourth-order valence-corrected chi connectivity index (χ4v) is 2.71. The molecular weight excluding hydrogens is 262 g/mol. The van der Waals surface area contributed by atoms with Gasteiger partial charge < -0.3 is 14.7 Å². The third kappa shape index (κ3) is 4.74. The van der Waals surface area contributed by atoms with Crippen LogP contribution < -0.4 is 4.90 Å². The van der Waals surface area contributed by atoms with Crippen LogP contribution in [0, 0.1) is 0 Å². The number of carbonyl (C=O) groups excluding carboxylic acids is 1. The van der Waals surface area contributed by atoms with E-state index >= 15 is 0 Å². The van der Waals surface area contributed by atoms with E-state index in [4.69, 9.17) is 0 Å². The van der Waals surface area contributed by atoms with Gasteiger partial charge in [-0.05, 0) is 32.0 Å². The van der Waals surface area contributed by atoms with E-state index in [-0.39, 0.29) is 5.91 Å². The van der Waals surface area contributed by atoms with Gasteiger partial charge >= 0.3 is 0 Å². The Labute approximate surface area is 128 Å². The monoisotopic (exact) mass is 289 g/mol. The molecule has 1 aliphatic heterocycles. The highest BCUT2D eigenvalue weighted by molar-refractivity contribution is 5.75. The van der Waals surface area contributed by atoms with Gasteiger partial charge in [-0.1, -0.05) is 18.2 Å². The van der Waals surface area contributed by atoms with Gasteiger partial charge in [0.1, 0.15) is 0 Å². The van der Waals surface area contributed by atoms with E-state index < -0.39 is 0 Å². The maximum absolute atomic E-state index is 11.9. The van der Waals surface area contributed by atoms with Crippen molar-refractivity contribution in [2.45, 2.75) is 19.8 Å². The van der Waals surface area contributed by atoms with Crippen LogP contribution in [0.15, 0.2) is 30.3 Å². The van der Waals surface area contributed by atoms with Crippen molar-refractivity contribution >= 4 is 11.6 Å². The lowest BCUT2D eigenvalue weighted by atomic mass is 10.3. The molecule has 1 aromatic carbocycles. The van der Waals surface area contributed by atoms with Crippen molar-refractivity contribution in [1.29, 1.82) is 0 Å². The predicted octanol–water partition coefficient (Wildman–Crippen LogP) is 2.07. The molecule has 0 radical (unpaired) electrons. The zero-order chi connectivity index (χ0) is 15.1. The molecule has 4 heteroatoms. The Morgan fingerprint density at radius 3 is 2.62 bits per heavy atom. The van der Waals surface area contributed by atoms with Crippen LogP contribution in [0.5, 0.6) is 0 Å². The Kier molecular flexibility index (Phi) is 6.05. The number of para-hydroxylation sites is 1. The van der Waals surface area contributed by atoms with Gasteiger partial charge in [-0.25, -0.2) is 0 Å². The number of rotatable bonds is 5. The van der Waals surface area contributed by atoms with E-state index in [1.807, 2.05) is 14.0 Å². The number of amides is 1. The molecule has 116 valence electrons. The van der Waals surface area contributed by atoms with Gasteiger partial charge in [0.25, 0.3) is 0 Å². The van der Waals surface area contributed by atoms with Crippen LogP contribution in [0.3, 0.4) is 0 Å². The molecule has 21 heavy (non-hydrogen) atoms. The summed E-state index contributed by atoms with van der Waals surface area (Å²) in [6, 6.07) is 10.6. The standard InChI is InChI=1S/C17H27N3O/c1-3-18(2)17(21)10-13-19-11-7-12-20(15-14-19)16-8-5-4-6-9-16/h4-6,8-9H,3,7,10-15H2,1-2H3. The molecule has 1 aliphatic rings. The minimum atomic E-state index is 0.252. The second-order valence-corrected chi connectivity index (χ2v) is 5.68. The minimum absolute atomic E-state index is 0.252. The van der Waals surface area contributed by atoms with Crippen molar-refractivity contribution in [3.8, 4) is 0 Å². The van der Waals surface area contributed by atoms with Crippen LogP contribution in [-0.2, 0) is 4.79 Å². The number of anilines is 1. The molecular formula is C17H27N3O. The molecule has 1 saturated heterocycles. The summed E-state index contributed by atoms with van der Waals surface area (Å²) in [5.74, 6) is 0.252. The van der Waals surface area contributed by atoms with Crippen molar-refractivity contribution in [1.82, 2.24) is 9.80 Å². The van der Waals surface area contributed by atoms with Crippen LogP contribution in [0.25, 0.3) is 0 Å². The third-order valence-electron chi connectivity index (χ3n) is 4.25. The third-order valence-corrected chi connectivity index (χ3v) is 4.25. The first-order chi connectivity index (χ1) is 10.2. The fraction of sp³-hybridized carbons (Fsp3) is 0.588. The predicted molar refractivity (Wildman–Crippen MR) is 87.6 cm³/mol. The molecule has 1 aromatic rings. The molecule has 0 unspecified atom stereocenters. The SMILES string of the molecule is CCN(C)C(=O)CCN1CCCN(c2ccccc2)CC1. The number of nitrogens with zero attached hydrogens (tertiary/aromatic N) is 3. The van der Waals surface area contributed by atoms with Crippen LogP contribution in [0.4, 0.5) is 5.69 Å². The minimum Gasteiger partial charge on any atom is -0.370 e. The lowest BCUT2D eigenvalue weighted by Gasteiger charge is -2.24. The molecule has 0 aliphatic carbocycles. The van der Waals surface area contributed by atoms with E-state index in [1.165, 1.54) is 5.69 Å². The van der Waals surface area contributed by atoms with E-state index in [1.54, 1.807) is 4.90 Å². The van der Waals surface area contributed by atoms with Gasteiger partial charge in [-0.3, -0.25) is 4.79 Å². The lowest BCUT2D eigenvalue weighted by Crippen LogP contribution is -2.34. The second-order valence-electron chi connectivity index (χ2n) is 5.68. The highest BCUT2D eigenvalue weighted by Gasteiger charge is 2.16. The Morgan fingerprint density at radius 1 is 1.14 bits per heavy atom. The molecule has 0 aromatic heterocycles. The van der Waals surface area contributed by atoms with Crippen molar-refractivity contribution in [3.05, 3.63) is 30.3 Å². The van der Waals surface area contributed by atoms with Crippen LogP contribution >= 0.6 is 0 Å². The smallest absolute Gasteiger partial charge is 0.223 e. The zero-order valence-electron chi connectivity index (χ0n) is 13.3. The molecule has 0 spiro atoms. The molecule has 0 saturated carbocycles. The summed E-state index contributed by atoms with van der Waals surface area (Å²) in [5.41, 5.74) is 1.31. The van der Waals surface area contributed by atoms with E-state index in [9.17, 15) is 4.79 Å². The van der Waals surface area contributed by atoms with Crippen molar-refractivity contribution in [2.24, 2.45) is 0 Å². The van der Waals surface area contributed by atoms with Gasteiger partial charge in [0.05, 0.1) is 0 Å². The summed E-state index contributed by atoms with van der Waals surface area (Å²) in [6.07, 6.45) is 1.79. The molecule has 1 heterocycles. The molecule has 2 rings (SSSR count). The first kappa shape index (κ1) is 15.8. The summed E-state index contributed by atoms with van der Waals surface area (Å²) in [4.78, 5) is 18.5. The maximum atomic E-state index is 11.9. The first-order valence-electron chi connectivity index (χ1n) is 7.97. The summed E-state index contributed by atoms with van der Waals surface area (Å²) in [7, 11) is 1.88. The largest absolute Gasteiger partial charge is 0.370 e. The van der Waals surface area contributed by atoms with Crippen LogP contribution in [0.2, 0.25) is 0 Å². The number of carbonyl (C=O) groups is 1. The van der Waals surface area contributed by atoms with Crippen molar-refractivity contribution in [3.63, 3.8) is 0 Å². The summed E-state index contributed by atoms with van der Waals surface area (Å²) in [6.45, 7) is 7.96. The second kappa shape index (κ2) is 8.03. The fourth-order valence-electron chi connectivity index (χ4n) is 2.71. The van der Waals surface area contributed by atoms with E-state index in [2.05, 4.69) is 40.1 Å². The average Bonchev–Trinajstić information content (AvgIpc) is 2.78. The highest BCUT2D eigenvalue weighted by Crippen LogP contribution is 2.15. The number of hydrogen-bond donors (Lipinski definition) is 0. The average molecular weight is 289 g/mol. The van der Waals surface area contributed by atoms with Gasteiger partial charge in [-0.2, -0.15) is 0 Å². The van der Waals surface area contributed by atoms with Gasteiger partial charge in [0, 0.05) is 51.9 Å². The molecule has 4 nitrogen and oxygen atoms in total. The summed E-state index contributed by atoms with van der Waals surface area (Å²) < 4.78 is 0. The van der Waals surface area contributed by atoms with Crippen molar-refractivity contribution in [2.75, 3.05) is 51.2 Å². The van der Waals surface area contributed by atoms with Crippen LogP contribution in [-0.4, -0.2) is 62.0 Å². The van der Waals surface area contributed by atoms with Gasteiger partial charge in [0.15, 0.2) is 0 Å². The Hall–Kier alpha value is -1.55. The lowest BCUT2D eigenvalue weighted by molar-refractivity contribution is -0.130. The van der Waals surface area contributed by atoms with E-state index in [0.29, 0.717) is 6.42 Å². The number of benzene rings is 1. The molecule has 1 amide bonds. The first-order valence-corrected chi connectivity index (χ1v) is 7.97.